The van der Waals surface area contributed by atoms with E-state index < -0.39 is 10.0 Å². The minimum absolute atomic E-state index is 0.0415. The van der Waals surface area contributed by atoms with Gasteiger partial charge in [0.15, 0.2) is 0 Å². The largest absolute Gasteiger partial charge is 0.338 e. The monoisotopic (exact) mass is 258 g/mol. The van der Waals surface area contributed by atoms with E-state index in [2.05, 4.69) is 6.58 Å². The first-order chi connectivity index (χ1) is 8.04. The number of likely N-dealkylation sites (tertiary alicyclic amines) is 1. The average Bonchev–Trinajstić information content (AvgIpc) is 2.68. The summed E-state index contributed by atoms with van der Waals surface area (Å²) in [6.45, 7) is 5.27. The van der Waals surface area contributed by atoms with Gasteiger partial charge in [0.2, 0.25) is 15.9 Å². The Morgan fingerprint density at radius 3 is 2.65 bits per heavy atom. The second-order valence-electron chi connectivity index (χ2n) is 4.56. The molecular weight excluding hydrogens is 240 g/mol. The number of sulfonamides is 1. The molecule has 0 saturated carbocycles. The number of carbonyl (C=O) groups excluding carboxylic acids is 1. The first-order valence-corrected chi connectivity index (χ1v) is 7.56. The van der Waals surface area contributed by atoms with Gasteiger partial charge >= 0.3 is 0 Å². The summed E-state index contributed by atoms with van der Waals surface area (Å²) in [5, 5.41) is 0. The van der Waals surface area contributed by atoms with Crippen molar-refractivity contribution in [2.24, 2.45) is 0 Å². The topological polar surface area (TPSA) is 57.7 Å². The molecule has 0 aromatic carbocycles. The Hall–Kier alpha value is -0.880. The number of carbonyl (C=O) groups is 1. The molecular formula is C11H18N2O3S. The van der Waals surface area contributed by atoms with Crippen LogP contribution in [0, 0.1) is 0 Å². The number of nitrogens with zero attached hydrogens (tertiary/aromatic N) is 2. The van der Waals surface area contributed by atoms with Crippen LogP contribution in [-0.2, 0) is 14.8 Å². The van der Waals surface area contributed by atoms with Crippen LogP contribution in [0.4, 0.5) is 0 Å². The van der Waals surface area contributed by atoms with Crippen molar-refractivity contribution in [1.82, 2.24) is 9.21 Å². The first-order valence-electron chi connectivity index (χ1n) is 5.95. The van der Waals surface area contributed by atoms with Gasteiger partial charge in [0.25, 0.3) is 0 Å². The van der Waals surface area contributed by atoms with Crippen LogP contribution in [0.1, 0.15) is 19.3 Å². The third-order valence-corrected chi connectivity index (χ3v) is 5.43. The normalized spacial score (nSPS) is 29.2. The van der Waals surface area contributed by atoms with E-state index in [1.54, 1.807) is 9.21 Å². The van der Waals surface area contributed by atoms with Gasteiger partial charge in [-0.25, -0.2) is 8.42 Å². The van der Waals surface area contributed by atoms with E-state index in [4.69, 9.17) is 0 Å². The smallest absolute Gasteiger partial charge is 0.246 e. The molecule has 0 aromatic rings. The van der Waals surface area contributed by atoms with Gasteiger partial charge in [-0.05, 0) is 25.3 Å². The van der Waals surface area contributed by atoms with Gasteiger partial charge in [0, 0.05) is 25.7 Å². The predicted molar refractivity (Wildman–Crippen MR) is 64.9 cm³/mol. The van der Waals surface area contributed by atoms with Crippen LogP contribution in [0.2, 0.25) is 0 Å². The van der Waals surface area contributed by atoms with E-state index in [-0.39, 0.29) is 17.7 Å². The average molecular weight is 258 g/mol. The van der Waals surface area contributed by atoms with E-state index in [9.17, 15) is 13.2 Å². The van der Waals surface area contributed by atoms with E-state index in [1.165, 1.54) is 6.08 Å². The molecule has 1 unspecified atom stereocenters. The van der Waals surface area contributed by atoms with Gasteiger partial charge in [-0.2, -0.15) is 4.31 Å². The first kappa shape index (κ1) is 12.6. The van der Waals surface area contributed by atoms with E-state index in [0.717, 1.165) is 12.8 Å². The lowest BCUT2D eigenvalue weighted by Crippen LogP contribution is -2.49. The van der Waals surface area contributed by atoms with Crippen molar-refractivity contribution in [2.45, 2.75) is 25.3 Å². The van der Waals surface area contributed by atoms with Gasteiger partial charge in [-0.3, -0.25) is 4.79 Å². The Balaban J connectivity index is 2.07. The summed E-state index contributed by atoms with van der Waals surface area (Å²) in [4.78, 5) is 13.2. The zero-order valence-corrected chi connectivity index (χ0v) is 10.7. The molecule has 2 heterocycles. The van der Waals surface area contributed by atoms with E-state index >= 15 is 0 Å². The summed E-state index contributed by atoms with van der Waals surface area (Å²) < 4.78 is 25.2. The number of amides is 1. The molecule has 2 aliphatic heterocycles. The maximum absolute atomic E-state index is 11.8. The van der Waals surface area contributed by atoms with Crippen molar-refractivity contribution < 1.29 is 13.2 Å². The van der Waals surface area contributed by atoms with Crippen molar-refractivity contribution in [3.8, 4) is 0 Å². The molecule has 17 heavy (non-hydrogen) atoms. The maximum atomic E-state index is 11.8. The quantitative estimate of drug-likeness (QED) is 0.665. The molecule has 0 aliphatic carbocycles. The van der Waals surface area contributed by atoms with Gasteiger partial charge < -0.3 is 4.90 Å². The Labute approximate surface area is 102 Å². The highest BCUT2D eigenvalue weighted by Crippen LogP contribution is 2.23. The van der Waals surface area contributed by atoms with Crippen molar-refractivity contribution in [2.75, 3.05) is 25.4 Å². The molecule has 0 radical (unpaired) electrons. The zero-order chi connectivity index (χ0) is 12.5. The van der Waals surface area contributed by atoms with E-state index in [1.807, 2.05) is 0 Å². The standard InChI is InChI=1S/C11H18N2O3S/c1-2-11(14)12-6-3-5-10(9-12)13-7-4-8-17(13,15)16/h2,10H,1,3-9H2. The van der Waals surface area contributed by atoms with Crippen LogP contribution in [0.15, 0.2) is 12.7 Å². The van der Waals surface area contributed by atoms with Gasteiger partial charge in [-0.1, -0.05) is 6.58 Å². The Bertz CT molecular complexity index is 418. The summed E-state index contributed by atoms with van der Waals surface area (Å²) in [5.41, 5.74) is 0. The fraction of sp³-hybridized carbons (Fsp3) is 0.727. The van der Waals surface area contributed by atoms with Gasteiger partial charge in [-0.15, -0.1) is 0 Å². The van der Waals surface area contributed by atoms with Crippen LogP contribution in [0.3, 0.4) is 0 Å². The lowest BCUT2D eigenvalue weighted by atomic mass is 10.1. The van der Waals surface area contributed by atoms with Crippen molar-refractivity contribution in [3.05, 3.63) is 12.7 Å². The van der Waals surface area contributed by atoms with Crippen LogP contribution >= 0.6 is 0 Å². The van der Waals surface area contributed by atoms with Crippen LogP contribution in [0.5, 0.6) is 0 Å². The molecule has 96 valence electrons. The number of hydrogen-bond donors (Lipinski definition) is 0. The zero-order valence-electron chi connectivity index (χ0n) is 9.84. The lowest BCUT2D eigenvalue weighted by molar-refractivity contribution is -0.127. The summed E-state index contributed by atoms with van der Waals surface area (Å²) in [7, 11) is -3.07. The highest BCUT2D eigenvalue weighted by Gasteiger charge is 2.37. The second kappa shape index (κ2) is 4.78. The van der Waals surface area contributed by atoms with Crippen molar-refractivity contribution >= 4 is 15.9 Å². The van der Waals surface area contributed by atoms with Gasteiger partial charge in [0.1, 0.15) is 0 Å². The molecule has 6 heteroatoms. The summed E-state index contributed by atoms with van der Waals surface area (Å²) in [6.07, 6.45) is 3.70. The molecule has 2 saturated heterocycles. The number of hydrogen-bond acceptors (Lipinski definition) is 3. The fourth-order valence-electron chi connectivity index (χ4n) is 2.59. The van der Waals surface area contributed by atoms with E-state index in [0.29, 0.717) is 26.1 Å². The van der Waals surface area contributed by atoms with Crippen LogP contribution < -0.4 is 0 Å². The predicted octanol–water partition coefficient (Wildman–Crippen LogP) is 0.199. The summed E-state index contributed by atoms with van der Waals surface area (Å²) in [5.74, 6) is 0.144. The third-order valence-electron chi connectivity index (χ3n) is 3.43. The Morgan fingerprint density at radius 2 is 2.06 bits per heavy atom. The summed E-state index contributed by atoms with van der Waals surface area (Å²) in [6, 6.07) is -0.0415. The molecule has 0 spiro atoms. The summed E-state index contributed by atoms with van der Waals surface area (Å²) >= 11 is 0. The number of rotatable bonds is 2. The molecule has 5 nitrogen and oxygen atoms in total. The van der Waals surface area contributed by atoms with Crippen LogP contribution in [-0.4, -0.2) is 55.0 Å². The number of piperidine rings is 1. The van der Waals surface area contributed by atoms with Crippen LogP contribution in [0.25, 0.3) is 0 Å². The SMILES string of the molecule is C=CC(=O)N1CCCC(N2CCCS2(=O)=O)C1. The fourth-order valence-corrected chi connectivity index (χ4v) is 4.35. The molecule has 1 atom stereocenters. The van der Waals surface area contributed by atoms with Crippen molar-refractivity contribution in [3.63, 3.8) is 0 Å². The third kappa shape index (κ3) is 2.52. The highest BCUT2D eigenvalue weighted by molar-refractivity contribution is 7.89. The Morgan fingerprint density at radius 1 is 1.29 bits per heavy atom. The molecule has 0 bridgehead atoms. The Kier molecular flexibility index (Phi) is 3.53. The minimum atomic E-state index is -3.07. The molecule has 0 N–H and O–H groups in total. The maximum Gasteiger partial charge on any atom is 0.246 e. The van der Waals surface area contributed by atoms with Crippen molar-refractivity contribution in [1.29, 1.82) is 0 Å². The highest BCUT2D eigenvalue weighted by atomic mass is 32.2. The molecule has 2 rings (SSSR count). The second-order valence-corrected chi connectivity index (χ2v) is 6.61. The van der Waals surface area contributed by atoms with Gasteiger partial charge in [0.05, 0.1) is 5.75 Å². The molecule has 1 amide bonds. The minimum Gasteiger partial charge on any atom is -0.338 e. The molecule has 2 fully saturated rings. The lowest BCUT2D eigenvalue weighted by Gasteiger charge is -2.36. The molecule has 0 aromatic heterocycles. The molecule has 2 aliphatic rings.